The Labute approximate surface area is 248 Å². The molecule has 0 heterocycles. The molecule has 0 saturated heterocycles. The molecule has 0 aromatic rings. The van der Waals surface area contributed by atoms with Gasteiger partial charge in [0.1, 0.15) is 0 Å². The maximum Gasteiger partial charge on any atom is 0.407 e. The highest BCUT2D eigenvalue weighted by atomic mass is 28.1. The normalized spacial score (nSPS) is 8.20. The van der Waals surface area contributed by atoms with Crippen LogP contribution in [0, 0.1) is 0 Å². The second-order valence-electron chi connectivity index (χ2n) is 7.06. The van der Waals surface area contributed by atoms with E-state index in [0.29, 0.717) is 52.4 Å². The number of rotatable bonds is 16. The lowest BCUT2D eigenvalue weighted by Gasteiger charge is -2.13. The van der Waals surface area contributed by atoms with Crippen LogP contribution in [-0.4, -0.2) is 128 Å². The van der Waals surface area contributed by atoms with Gasteiger partial charge in [-0.25, -0.2) is 19.2 Å². The average Bonchev–Trinajstić information content (AvgIpc) is 2.89. The van der Waals surface area contributed by atoms with Crippen molar-refractivity contribution in [1.82, 2.24) is 19.6 Å². The van der Waals surface area contributed by atoms with Crippen molar-refractivity contribution in [1.29, 1.82) is 0 Å². The smallest absolute Gasteiger partial charge is 0.407 e. The summed E-state index contributed by atoms with van der Waals surface area (Å²) in [4.78, 5) is 46.1. The van der Waals surface area contributed by atoms with Crippen LogP contribution >= 0.6 is 0 Å². The van der Waals surface area contributed by atoms with Crippen LogP contribution in [0.4, 0.5) is 19.2 Å². The Bertz CT molecular complexity index is 673. The number of carbonyl (C=O) groups is 4. The van der Waals surface area contributed by atoms with Gasteiger partial charge in [0.15, 0.2) is 0 Å². The number of carboxylic acid groups (broad SMARTS) is 4. The van der Waals surface area contributed by atoms with Crippen LogP contribution in [-0.2, 0) is 0 Å². The SMILES string of the molecule is C=CCN(CC=C)C(=O)O.C=CCN(CC=C)C(=O)O.C=CCN(CC=C)C(=O)O.C=CCN(CC=C)C(=O)O.[SiH4]. The number of hydrogen-bond donors (Lipinski definition) is 4. The van der Waals surface area contributed by atoms with Gasteiger partial charge >= 0.3 is 24.4 Å². The van der Waals surface area contributed by atoms with Gasteiger partial charge in [-0.1, -0.05) is 48.6 Å². The number of amides is 4. The summed E-state index contributed by atoms with van der Waals surface area (Å²) in [6, 6.07) is 0. The highest BCUT2D eigenvalue weighted by Crippen LogP contribution is 1.91. The molecule has 12 nitrogen and oxygen atoms in total. The van der Waals surface area contributed by atoms with Gasteiger partial charge in [0.2, 0.25) is 0 Å². The Morgan fingerprint density at radius 3 is 0.512 bits per heavy atom. The molecular weight excluding hydrogens is 548 g/mol. The topological polar surface area (TPSA) is 162 Å². The van der Waals surface area contributed by atoms with Crippen LogP contribution in [0.1, 0.15) is 0 Å². The van der Waals surface area contributed by atoms with Gasteiger partial charge in [0.25, 0.3) is 0 Å². The molecule has 0 aliphatic heterocycles. The fourth-order valence-electron chi connectivity index (χ4n) is 2.17. The summed E-state index contributed by atoms with van der Waals surface area (Å²) in [5, 5.41) is 33.9. The first kappa shape index (κ1) is 46.1. The molecule has 0 rings (SSSR count). The number of nitrogens with zero attached hydrogens (tertiary/aromatic N) is 4. The van der Waals surface area contributed by atoms with Crippen molar-refractivity contribution in [2.45, 2.75) is 0 Å². The summed E-state index contributed by atoms with van der Waals surface area (Å²) in [7, 11) is 0. The van der Waals surface area contributed by atoms with Crippen molar-refractivity contribution in [3.63, 3.8) is 0 Å². The molecule has 41 heavy (non-hydrogen) atoms. The van der Waals surface area contributed by atoms with E-state index >= 15 is 0 Å². The van der Waals surface area contributed by atoms with E-state index in [1.165, 1.54) is 68.2 Å². The summed E-state index contributed by atoms with van der Waals surface area (Å²) in [5.41, 5.74) is 0. The Morgan fingerprint density at radius 1 is 0.366 bits per heavy atom. The van der Waals surface area contributed by atoms with Gasteiger partial charge < -0.3 is 40.0 Å². The first-order valence-electron chi connectivity index (χ1n) is 11.7. The first-order chi connectivity index (χ1) is 18.9. The first-order valence-corrected chi connectivity index (χ1v) is 11.7. The van der Waals surface area contributed by atoms with Gasteiger partial charge in [-0.2, -0.15) is 0 Å². The molecule has 4 amide bonds. The molecule has 0 saturated carbocycles. The van der Waals surface area contributed by atoms with Crippen molar-refractivity contribution < 1.29 is 39.6 Å². The van der Waals surface area contributed by atoms with Crippen LogP contribution in [0.25, 0.3) is 0 Å². The van der Waals surface area contributed by atoms with Crippen molar-refractivity contribution in [3.8, 4) is 0 Å². The predicted molar refractivity (Wildman–Crippen MR) is 171 cm³/mol. The van der Waals surface area contributed by atoms with Crippen LogP contribution in [0.15, 0.2) is 101 Å². The number of hydrogen-bond acceptors (Lipinski definition) is 4. The minimum absolute atomic E-state index is 0. The van der Waals surface area contributed by atoms with Gasteiger partial charge in [0, 0.05) is 52.4 Å². The predicted octanol–water partition coefficient (Wildman–Crippen LogP) is 3.90. The van der Waals surface area contributed by atoms with Gasteiger partial charge in [0.05, 0.1) is 0 Å². The van der Waals surface area contributed by atoms with E-state index in [-0.39, 0.29) is 11.0 Å². The summed E-state index contributed by atoms with van der Waals surface area (Å²) in [5.74, 6) is 0. The maximum atomic E-state index is 10.3. The third-order valence-corrected chi connectivity index (χ3v) is 3.88. The summed E-state index contributed by atoms with van der Waals surface area (Å²) < 4.78 is 0. The van der Waals surface area contributed by atoms with Crippen LogP contribution in [0.2, 0.25) is 0 Å². The molecule has 0 aromatic carbocycles. The lowest BCUT2D eigenvalue weighted by atomic mass is 10.5. The van der Waals surface area contributed by atoms with Crippen LogP contribution in [0.3, 0.4) is 0 Å². The summed E-state index contributed by atoms with van der Waals surface area (Å²) >= 11 is 0. The van der Waals surface area contributed by atoms with Crippen molar-refractivity contribution >= 4 is 35.3 Å². The van der Waals surface area contributed by atoms with E-state index in [1.807, 2.05) is 0 Å². The Kier molecular flexibility index (Phi) is 37.4. The molecule has 0 aromatic heterocycles. The second-order valence-corrected chi connectivity index (χ2v) is 7.06. The Morgan fingerprint density at radius 2 is 0.463 bits per heavy atom. The monoisotopic (exact) mass is 596 g/mol. The van der Waals surface area contributed by atoms with E-state index in [9.17, 15) is 19.2 Å². The van der Waals surface area contributed by atoms with E-state index in [4.69, 9.17) is 20.4 Å². The van der Waals surface area contributed by atoms with Crippen LogP contribution in [0.5, 0.6) is 0 Å². The van der Waals surface area contributed by atoms with Gasteiger partial charge in [-0.15, -0.1) is 52.6 Å². The molecule has 0 radical (unpaired) electrons. The van der Waals surface area contributed by atoms with E-state index in [2.05, 4.69) is 52.6 Å². The molecule has 0 aliphatic rings. The van der Waals surface area contributed by atoms with E-state index in [1.54, 1.807) is 0 Å². The lowest BCUT2D eigenvalue weighted by Crippen LogP contribution is -2.29. The molecule has 0 fully saturated rings. The fraction of sp³-hybridized carbons (Fsp3) is 0.286. The molecule has 0 bridgehead atoms. The molecule has 13 heteroatoms. The minimum Gasteiger partial charge on any atom is -0.465 e. The minimum atomic E-state index is -0.945. The van der Waals surface area contributed by atoms with Crippen molar-refractivity contribution in [2.24, 2.45) is 0 Å². The maximum absolute atomic E-state index is 10.3. The van der Waals surface area contributed by atoms with Gasteiger partial charge in [-0.05, 0) is 11.0 Å². The quantitative estimate of drug-likeness (QED) is 0.154. The van der Waals surface area contributed by atoms with E-state index in [0.717, 1.165) is 0 Å². The van der Waals surface area contributed by atoms with Crippen LogP contribution < -0.4 is 0 Å². The third kappa shape index (κ3) is 31.3. The van der Waals surface area contributed by atoms with Crippen molar-refractivity contribution in [2.75, 3.05) is 52.4 Å². The zero-order valence-electron chi connectivity index (χ0n) is 23.1. The average molecular weight is 597 g/mol. The molecule has 0 spiro atoms. The lowest BCUT2D eigenvalue weighted by molar-refractivity contribution is 0.154. The highest BCUT2D eigenvalue weighted by Gasteiger charge is 2.07. The molecule has 0 atom stereocenters. The van der Waals surface area contributed by atoms with E-state index < -0.39 is 24.4 Å². The zero-order chi connectivity index (χ0) is 31.9. The second kappa shape index (κ2) is 33.2. The Hall–Kier alpha value is -4.78. The highest BCUT2D eigenvalue weighted by molar-refractivity contribution is 5.75. The molecule has 232 valence electrons. The molecule has 0 aliphatic carbocycles. The molecule has 4 N–H and O–H groups in total. The molecular formula is C28H48N4O8Si. The largest absolute Gasteiger partial charge is 0.465 e. The zero-order valence-corrected chi connectivity index (χ0v) is 23.1. The third-order valence-electron chi connectivity index (χ3n) is 3.88. The van der Waals surface area contributed by atoms with Gasteiger partial charge in [-0.3, -0.25) is 0 Å². The summed E-state index contributed by atoms with van der Waals surface area (Å²) in [6.07, 6.45) is 8.54. The Balaban J connectivity index is -0.000000139. The summed E-state index contributed by atoms with van der Waals surface area (Å²) in [6.45, 7) is 30.2. The van der Waals surface area contributed by atoms with Crippen molar-refractivity contribution in [3.05, 3.63) is 101 Å². The standard InChI is InChI=1S/4C7H11NO2.H4Si/c4*1-3-5-8(6-4-2)7(9)10;/h4*3-4H,1-2,5-6H2,(H,9,10);1H4. The molecule has 0 unspecified atom stereocenters. The fourth-order valence-corrected chi connectivity index (χ4v) is 2.17.